The van der Waals surface area contributed by atoms with E-state index in [2.05, 4.69) is 4.98 Å². The van der Waals surface area contributed by atoms with E-state index in [1.165, 1.54) is 24.3 Å². The summed E-state index contributed by atoms with van der Waals surface area (Å²) in [6.07, 6.45) is 0. The van der Waals surface area contributed by atoms with Crippen LogP contribution in [0, 0.1) is 24.1 Å². The molecule has 2 N–H and O–H groups in total. The zero-order valence-electron chi connectivity index (χ0n) is 9.64. The van der Waals surface area contributed by atoms with Gasteiger partial charge < -0.3 is 10.5 Å². The number of halogens is 1. The molecule has 90 valence electrons. The fourth-order valence-corrected chi connectivity index (χ4v) is 1.49. The molecule has 1 aromatic carbocycles. The minimum Gasteiger partial charge on any atom is -0.434 e. The van der Waals surface area contributed by atoms with E-state index in [1.54, 1.807) is 13.0 Å². The van der Waals surface area contributed by atoms with E-state index in [0.29, 0.717) is 11.3 Å². The fourth-order valence-electron chi connectivity index (χ4n) is 1.49. The number of pyridine rings is 1. The number of anilines is 1. The first kappa shape index (κ1) is 11.9. The zero-order chi connectivity index (χ0) is 13.1. The third kappa shape index (κ3) is 2.38. The second kappa shape index (κ2) is 4.72. The molecule has 2 rings (SSSR count). The Kier molecular flexibility index (Phi) is 3.11. The Morgan fingerprint density at radius 3 is 2.83 bits per heavy atom. The van der Waals surface area contributed by atoms with Crippen LogP contribution < -0.4 is 10.5 Å². The first-order valence-corrected chi connectivity index (χ1v) is 5.21. The number of hydrogen-bond acceptors (Lipinski definition) is 4. The number of nitrogens with zero attached hydrogens (tertiary/aromatic N) is 2. The average molecular weight is 243 g/mol. The van der Waals surface area contributed by atoms with Crippen LogP contribution in [-0.2, 0) is 0 Å². The van der Waals surface area contributed by atoms with Crippen LogP contribution in [0.1, 0.15) is 11.3 Å². The van der Waals surface area contributed by atoms with Crippen LogP contribution in [-0.4, -0.2) is 4.98 Å². The van der Waals surface area contributed by atoms with Crippen LogP contribution in [0.4, 0.5) is 10.1 Å². The van der Waals surface area contributed by atoms with Crippen LogP contribution in [0.5, 0.6) is 11.6 Å². The number of aromatic nitrogens is 1. The summed E-state index contributed by atoms with van der Waals surface area (Å²) in [4.78, 5) is 4.06. The van der Waals surface area contributed by atoms with Crippen LogP contribution in [0.25, 0.3) is 0 Å². The van der Waals surface area contributed by atoms with Crippen LogP contribution in [0.3, 0.4) is 0 Å². The van der Waals surface area contributed by atoms with Gasteiger partial charge in [-0.1, -0.05) is 6.07 Å². The molecule has 0 fully saturated rings. The highest BCUT2D eigenvalue weighted by atomic mass is 19.1. The van der Waals surface area contributed by atoms with Gasteiger partial charge in [-0.05, 0) is 25.1 Å². The Labute approximate surface area is 103 Å². The van der Waals surface area contributed by atoms with Crippen molar-refractivity contribution >= 4 is 5.69 Å². The highest BCUT2D eigenvalue weighted by Gasteiger charge is 2.10. The molecule has 0 unspecified atom stereocenters. The van der Waals surface area contributed by atoms with Gasteiger partial charge in [-0.2, -0.15) is 5.26 Å². The van der Waals surface area contributed by atoms with Gasteiger partial charge in [0.15, 0.2) is 11.6 Å². The first-order valence-electron chi connectivity index (χ1n) is 5.21. The van der Waals surface area contributed by atoms with Crippen molar-refractivity contribution in [3.63, 3.8) is 0 Å². The second-order valence-corrected chi connectivity index (χ2v) is 3.71. The number of para-hydroxylation sites is 1. The topological polar surface area (TPSA) is 71.9 Å². The van der Waals surface area contributed by atoms with E-state index >= 15 is 0 Å². The predicted molar refractivity (Wildman–Crippen MR) is 64.6 cm³/mol. The smallest absolute Gasteiger partial charge is 0.221 e. The first-order chi connectivity index (χ1) is 8.60. The van der Waals surface area contributed by atoms with Crippen molar-refractivity contribution in [1.82, 2.24) is 4.98 Å². The molecule has 0 amide bonds. The Balaban J connectivity index is 2.40. The van der Waals surface area contributed by atoms with Gasteiger partial charge in [0.2, 0.25) is 5.88 Å². The number of nitrogen functional groups attached to an aromatic ring is 1. The van der Waals surface area contributed by atoms with Crippen molar-refractivity contribution in [3.8, 4) is 17.7 Å². The fraction of sp³-hybridized carbons (Fsp3) is 0.0769. The molecule has 1 aromatic heterocycles. The van der Waals surface area contributed by atoms with Gasteiger partial charge in [0.05, 0.1) is 17.3 Å². The monoisotopic (exact) mass is 243 g/mol. The number of nitrogens with two attached hydrogens (primary N) is 1. The van der Waals surface area contributed by atoms with Crippen LogP contribution >= 0.6 is 0 Å². The van der Waals surface area contributed by atoms with E-state index in [-0.39, 0.29) is 17.3 Å². The molecule has 0 spiro atoms. The molecule has 5 heteroatoms. The largest absolute Gasteiger partial charge is 0.434 e. The third-order valence-corrected chi connectivity index (χ3v) is 2.26. The molecule has 0 radical (unpaired) electrons. The zero-order valence-corrected chi connectivity index (χ0v) is 9.64. The van der Waals surface area contributed by atoms with E-state index < -0.39 is 5.82 Å². The van der Waals surface area contributed by atoms with Crippen molar-refractivity contribution < 1.29 is 9.13 Å². The van der Waals surface area contributed by atoms with E-state index in [9.17, 15) is 4.39 Å². The lowest BCUT2D eigenvalue weighted by Gasteiger charge is -2.09. The molecule has 0 aliphatic heterocycles. The lowest BCUT2D eigenvalue weighted by atomic mass is 10.2. The molecule has 0 atom stereocenters. The summed E-state index contributed by atoms with van der Waals surface area (Å²) >= 11 is 0. The summed E-state index contributed by atoms with van der Waals surface area (Å²) in [5, 5.41) is 8.83. The predicted octanol–water partition coefficient (Wildman–Crippen LogP) is 2.78. The molecular weight excluding hydrogens is 233 g/mol. The number of aryl methyl sites for hydroxylation is 1. The summed E-state index contributed by atoms with van der Waals surface area (Å²) in [5.74, 6) is -0.514. The maximum absolute atomic E-state index is 13.5. The minimum absolute atomic E-state index is 0.0838. The Morgan fingerprint density at radius 2 is 2.17 bits per heavy atom. The summed E-state index contributed by atoms with van der Waals surface area (Å²) in [7, 11) is 0. The SMILES string of the molecule is Cc1cc(C#N)cc(Oc2c(N)cccc2F)n1. The maximum Gasteiger partial charge on any atom is 0.221 e. The summed E-state index contributed by atoms with van der Waals surface area (Å²) in [6.45, 7) is 1.72. The number of ether oxygens (including phenoxy) is 1. The van der Waals surface area contributed by atoms with E-state index in [0.717, 1.165) is 0 Å². The quantitative estimate of drug-likeness (QED) is 0.823. The maximum atomic E-state index is 13.5. The molecule has 4 nitrogen and oxygen atoms in total. The lowest BCUT2D eigenvalue weighted by Crippen LogP contribution is -1.97. The molecular formula is C13H10FN3O. The molecule has 0 bridgehead atoms. The number of nitriles is 1. The van der Waals surface area contributed by atoms with Crippen molar-refractivity contribution in [2.45, 2.75) is 6.92 Å². The minimum atomic E-state index is -0.572. The molecule has 1 heterocycles. The van der Waals surface area contributed by atoms with Crippen LogP contribution in [0.15, 0.2) is 30.3 Å². The van der Waals surface area contributed by atoms with E-state index in [4.69, 9.17) is 15.7 Å². The third-order valence-electron chi connectivity index (χ3n) is 2.26. The molecule has 2 aromatic rings. The summed E-state index contributed by atoms with van der Waals surface area (Å²) in [6, 6.07) is 9.27. The van der Waals surface area contributed by atoms with Crippen molar-refractivity contribution in [3.05, 3.63) is 47.4 Å². The van der Waals surface area contributed by atoms with Crippen molar-refractivity contribution in [2.24, 2.45) is 0 Å². The standard InChI is InChI=1S/C13H10FN3O/c1-8-5-9(7-15)6-12(17-8)18-13-10(14)3-2-4-11(13)16/h2-6H,16H2,1H3. The lowest BCUT2D eigenvalue weighted by molar-refractivity contribution is 0.429. The molecule has 0 saturated heterocycles. The molecule has 0 aliphatic carbocycles. The summed E-state index contributed by atoms with van der Waals surface area (Å²) < 4.78 is 18.8. The van der Waals surface area contributed by atoms with Crippen molar-refractivity contribution in [1.29, 1.82) is 5.26 Å². The molecule has 0 saturated carbocycles. The van der Waals surface area contributed by atoms with Gasteiger partial charge in [-0.3, -0.25) is 0 Å². The Morgan fingerprint density at radius 1 is 1.39 bits per heavy atom. The van der Waals surface area contributed by atoms with Gasteiger partial charge in [0.1, 0.15) is 0 Å². The highest BCUT2D eigenvalue weighted by Crippen LogP contribution is 2.29. The number of benzene rings is 1. The Hall–Kier alpha value is -2.61. The van der Waals surface area contributed by atoms with Gasteiger partial charge in [-0.15, -0.1) is 0 Å². The number of hydrogen-bond donors (Lipinski definition) is 1. The second-order valence-electron chi connectivity index (χ2n) is 3.71. The van der Waals surface area contributed by atoms with E-state index in [1.807, 2.05) is 6.07 Å². The van der Waals surface area contributed by atoms with Gasteiger partial charge in [0, 0.05) is 11.8 Å². The van der Waals surface area contributed by atoms with Gasteiger partial charge >= 0.3 is 0 Å². The van der Waals surface area contributed by atoms with Gasteiger partial charge in [0.25, 0.3) is 0 Å². The normalized spacial score (nSPS) is 9.83. The van der Waals surface area contributed by atoms with Gasteiger partial charge in [-0.25, -0.2) is 9.37 Å². The molecule has 0 aliphatic rings. The number of rotatable bonds is 2. The average Bonchev–Trinajstić information content (AvgIpc) is 2.33. The molecule has 18 heavy (non-hydrogen) atoms. The highest BCUT2D eigenvalue weighted by molar-refractivity contribution is 5.54. The summed E-state index contributed by atoms with van der Waals surface area (Å²) in [5.41, 5.74) is 6.80. The van der Waals surface area contributed by atoms with Crippen molar-refractivity contribution in [2.75, 3.05) is 5.73 Å². The Bertz CT molecular complexity index is 614. The van der Waals surface area contributed by atoms with Crippen LogP contribution in [0.2, 0.25) is 0 Å².